The fraction of sp³-hybridized carbons (Fsp3) is 0.0714. The Morgan fingerprint density at radius 3 is 2.17 bits per heavy atom. The summed E-state index contributed by atoms with van der Waals surface area (Å²) >= 11 is 0. The molecule has 2 aromatic carbocycles. The average molecular weight is 248 g/mol. The van der Waals surface area contributed by atoms with E-state index < -0.39 is 17.4 Å². The number of carbonyl (C=O) groups excluding carboxylic acids is 1. The number of rotatable bonds is 4. The van der Waals surface area contributed by atoms with Crippen molar-refractivity contribution in [1.82, 2.24) is 0 Å². The molecule has 0 radical (unpaired) electrons. The minimum Gasteiger partial charge on any atom is -0.483 e. The monoisotopic (exact) mass is 248 g/mol. The van der Waals surface area contributed by atoms with Crippen LogP contribution < -0.4 is 4.74 Å². The van der Waals surface area contributed by atoms with Crippen LogP contribution in [0.4, 0.5) is 8.78 Å². The zero-order valence-electron chi connectivity index (χ0n) is 9.40. The third-order valence-electron chi connectivity index (χ3n) is 2.42. The van der Waals surface area contributed by atoms with Gasteiger partial charge >= 0.3 is 0 Å². The van der Waals surface area contributed by atoms with E-state index in [1.807, 2.05) is 0 Å². The highest BCUT2D eigenvalue weighted by Gasteiger charge is 2.09. The van der Waals surface area contributed by atoms with Crippen LogP contribution in [0.5, 0.6) is 5.75 Å². The Balaban J connectivity index is 2.09. The van der Waals surface area contributed by atoms with Crippen LogP contribution in [0.25, 0.3) is 0 Å². The van der Waals surface area contributed by atoms with Gasteiger partial charge in [0.1, 0.15) is 12.9 Å². The molecule has 0 aliphatic rings. The molecule has 0 saturated heterocycles. The molecule has 0 heterocycles. The Hall–Kier alpha value is -2.23. The van der Waals surface area contributed by atoms with Crippen molar-refractivity contribution in [1.29, 1.82) is 0 Å². The summed E-state index contributed by atoms with van der Waals surface area (Å²) in [6.45, 7) is 0.0387. The van der Waals surface area contributed by atoms with E-state index in [2.05, 4.69) is 0 Å². The highest BCUT2D eigenvalue weighted by atomic mass is 19.1. The van der Waals surface area contributed by atoms with E-state index in [0.717, 1.165) is 24.0 Å². The van der Waals surface area contributed by atoms with E-state index in [4.69, 9.17) is 4.74 Å². The smallest absolute Gasteiger partial charge is 0.191 e. The number of hydrogen-bond donors (Lipinski definition) is 0. The van der Waals surface area contributed by atoms with Crippen molar-refractivity contribution in [2.45, 2.75) is 6.61 Å². The van der Waals surface area contributed by atoms with Gasteiger partial charge in [-0.1, -0.05) is 30.3 Å². The molecule has 0 saturated carbocycles. The van der Waals surface area contributed by atoms with E-state index in [1.165, 1.54) is 6.07 Å². The third-order valence-corrected chi connectivity index (χ3v) is 2.42. The first-order valence-corrected chi connectivity index (χ1v) is 5.31. The zero-order chi connectivity index (χ0) is 13.0. The Bertz CT molecular complexity index is 530. The van der Waals surface area contributed by atoms with Gasteiger partial charge in [-0.25, -0.2) is 8.78 Å². The van der Waals surface area contributed by atoms with Gasteiger partial charge in [-0.05, 0) is 17.7 Å². The summed E-state index contributed by atoms with van der Waals surface area (Å²) < 4.78 is 31.6. The standard InChI is InChI=1S/C14H10F2O2/c15-12-2-1-3-13(16)14(12)18-9-11-6-4-10(8-17)5-7-11/h1-8H,9H2. The molecule has 2 nitrogen and oxygen atoms in total. The predicted octanol–water partition coefficient (Wildman–Crippen LogP) is 3.36. The van der Waals surface area contributed by atoms with Crippen molar-refractivity contribution in [2.24, 2.45) is 0 Å². The molecule has 0 fully saturated rings. The topological polar surface area (TPSA) is 26.3 Å². The molecule has 4 heteroatoms. The largest absolute Gasteiger partial charge is 0.483 e. The van der Waals surface area contributed by atoms with Crippen LogP contribution in [0.2, 0.25) is 0 Å². The fourth-order valence-electron chi connectivity index (χ4n) is 1.47. The fourth-order valence-corrected chi connectivity index (χ4v) is 1.47. The van der Waals surface area contributed by atoms with E-state index in [0.29, 0.717) is 5.56 Å². The number of carbonyl (C=O) groups is 1. The van der Waals surface area contributed by atoms with Gasteiger partial charge in [-0.15, -0.1) is 0 Å². The van der Waals surface area contributed by atoms with Crippen molar-refractivity contribution in [3.63, 3.8) is 0 Å². The van der Waals surface area contributed by atoms with E-state index in [9.17, 15) is 13.6 Å². The lowest BCUT2D eigenvalue weighted by atomic mass is 10.1. The quantitative estimate of drug-likeness (QED) is 0.775. The van der Waals surface area contributed by atoms with Crippen molar-refractivity contribution in [3.8, 4) is 5.75 Å². The molecule has 18 heavy (non-hydrogen) atoms. The summed E-state index contributed by atoms with van der Waals surface area (Å²) in [4.78, 5) is 10.5. The van der Waals surface area contributed by atoms with E-state index >= 15 is 0 Å². The lowest BCUT2D eigenvalue weighted by Gasteiger charge is -2.08. The van der Waals surface area contributed by atoms with Gasteiger partial charge in [-0.3, -0.25) is 4.79 Å². The molecule has 0 N–H and O–H groups in total. The summed E-state index contributed by atoms with van der Waals surface area (Å²) in [6, 6.07) is 10.1. The molecule has 0 unspecified atom stereocenters. The van der Waals surface area contributed by atoms with Crippen LogP contribution in [0, 0.1) is 11.6 Å². The number of ether oxygens (including phenoxy) is 1. The van der Waals surface area contributed by atoms with Gasteiger partial charge in [0.25, 0.3) is 0 Å². The minimum atomic E-state index is -0.737. The summed E-state index contributed by atoms with van der Waals surface area (Å²) in [5, 5.41) is 0. The second-order valence-electron chi connectivity index (χ2n) is 3.70. The van der Waals surface area contributed by atoms with Gasteiger partial charge < -0.3 is 4.74 Å². The molecule has 92 valence electrons. The predicted molar refractivity (Wildman–Crippen MR) is 62.5 cm³/mol. The Morgan fingerprint density at radius 1 is 1.00 bits per heavy atom. The second-order valence-corrected chi connectivity index (χ2v) is 3.70. The highest BCUT2D eigenvalue weighted by Crippen LogP contribution is 2.21. The third kappa shape index (κ3) is 2.71. The van der Waals surface area contributed by atoms with Crippen molar-refractivity contribution in [3.05, 3.63) is 65.2 Å². The van der Waals surface area contributed by atoms with Crippen LogP contribution in [0.3, 0.4) is 0 Å². The lowest BCUT2D eigenvalue weighted by Crippen LogP contribution is -1.99. The first-order chi connectivity index (χ1) is 8.70. The maximum atomic E-state index is 13.3. The Labute approximate surface area is 103 Å². The lowest BCUT2D eigenvalue weighted by molar-refractivity contribution is 0.112. The van der Waals surface area contributed by atoms with Gasteiger partial charge in [-0.2, -0.15) is 0 Å². The molecular formula is C14H10F2O2. The van der Waals surface area contributed by atoms with E-state index in [1.54, 1.807) is 24.3 Å². The molecule has 0 spiro atoms. The van der Waals surface area contributed by atoms with Crippen molar-refractivity contribution < 1.29 is 18.3 Å². The SMILES string of the molecule is O=Cc1ccc(COc2c(F)cccc2F)cc1. The van der Waals surface area contributed by atoms with Crippen LogP contribution in [-0.4, -0.2) is 6.29 Å². The summed E-state index contributed by atoms with van der Waals surface area (Å²) in [6.07, 6.45) is 0.723. The molecule has 0 atom stereocenters. The Morgan fingerprint density at radius 2 is 1.61 bits per heavy atom. The molecule has 0 aliphatic carbocycles. The zero-order valence-corrected chi connectivity index (χ0v) is 9.40. The van der Waals surface area contributed by atoms with Gasteiger partial charge in [0.2, 0.25) is 0 Å². The van der Waals surface area contributed by atoms with Crippen molar-refractivity contribution >= 4 is 6.29 Å². The number of benzene rings is 2. The Kier molecular flexibility index (Phi) is 3.67. The molecule has 0 aliphatic heterocycles. The normalized spacial score (nSPS) is 10.1. The molecule has 2 rings (SSSR count). The molecule has 0 aromatic heterocycles. The number of para-hydroxylation sites is 1. The van der Waals surface area contributed by atoms with E-state index in [-0.39, 0.29) is 6.61 Å². The maximum Gasteiger partial charge on any atom is 0.191 e. The number of aldehydes is 1. The molecular weight excluding hydrogens is 238 g/mol. The van der Waals surface area contributed by atoms with Crippen LogP contribution in [-0.2, 0) is 6.61 Å². The highest BCUT2D eigenvalue weighted by molar-refractivity contribution is 5.74. The molecule has 2 aromatic rings. The first-order valence-electron chi connectivity index (χ1n) is 5.31. The van der Waals surface area contributed by atoms with Gasteiger partial charge in [0.05, 0.1) is 0 Å². The molecule has 0 amide bonds. The first kappa shape index (κ1) is 12.2. The minimum absolute atomic E-state index is 0.0387. The van der Waals surface area contributed by atoms with Gasteiger partial charge in [0, 0.05) is 5.56 Å². The summed E-state index contributed by atoms with van der Waals surface area (Å²) in [7, 11) is 0. The number of hydrogen-bond acceptors (Lipinski definition) is 2. The van der Waals surface area contributed by atoms with Crippen LogP contribution in [0.1, 0.15) is 15.9 Å². The second kappa shape index (κ2) is 5.40. The summed E-state index contributed by atoms with van der Waals surface area (Å²) in [5.41, 5.74) is 1.26. The molecule has 0 bridgehead atoms. The summed E-state index contributed by atoms with van der Waals surface area (Å²) in [5.74, 6) is -1.86. The van der Waals surface area contributed by atoms with Crippen molar-refractivity contribution in [2.75, 3.05) is 0 Å². The average Bonchev–Trinajstić information content (AvgIpc) is 2.39. The number of halogens is 2. The van der Waals surface area contributed by atoms with Gasteiger partial charge in [0.15, 0.2) is 17.4 Å². The van der Waals surface area contributed by atoms with Crippen LogP contribution in [0.15, 0.2) is 42.5 Å². The maximum absolute atomic E-state index is 13.3. The van der Waals surface area contributed by atoms with Crippen LogP contribution >= 0.6 is 0 Å².